The summed E-state index contributed by atoms with van der Waals surface area (Å²) >= 11 is 0. The lowest BCUT2D eigenvalue weighted by Gasteiger charge is -2.31. The third-order valence-corrected chi connectivity index (χ3v) is 20.9. The van der Waals surface area contributed by atoms with Gasteiger partial charge in [-0.25, -0.2) is 4.79 Å². The normalized spacial score (nSPS) is 17.2. The Kier molecular flexibility index (Phi) is 31.1. The van der Waals surface area contributed by atoms with Gasteiger partial charge < -0.3 is 72.1 Å². The number of carbonyl (C=O) groups is 1. The molecule has 5 aromatic rings. The van der Waals surface area contributed by atoms with E-state index in [0.29, 0.717) is 65.0 Å². The van der Waals surface area contributed by atoms with Crippen LogP contribution in [0.1, 0.15) is 50.7 Å². The Morgan fingerprint density at radius 3 is 1.42 bits per heavy atom. The molecule has 2 atom stereocenters. The fourth-order valence-corrected chi connectivity index (χ4v) is 15.2. The van der Waals surface area contributed by atoms with E-state index in [-0.39, 0.29) is 178 Å². The van der Waals surface area contributed by atoms with Gasteiger partial charge in [0.25, 0.3) is 50.6 Å². The van der Waals surface area contributed by atoms with Crippen LogP contribution in [0.4, 0.5) is 11.4 Å². The van der Waals surface area contributed by atoms with E-state index >= 15 is 0 Å². The van der Waals surface area contributed by atoms with E-state index in [1.807, 2.05) is 11.8 Å². The number of hydrogen-bond donors (Lipinski definition) is 7. The predicted octanol–water partition coefficient (Wildman–Crippen LogP) is 4.87. The van der Waals surface area contributed by atoms with Gasteiger partial charge >= 0.3 is 5.97 Å². The first-order valence-electron chi connectivity index (χ1n) is 32.3. The number of aromatic hydroxyl groups is 2. The number of anilines is 1. The minimum atomic E-state index is -5.15. The molecule has 103 heavy (non-hydrogen) atoms. The molecule has 4 aromatic carbocycles. The van der Waals surface area contributed by atoms with E-state index in [1.54, 1.807) is 61.1 Å². The molecule has 0 radical (unpaired) electrons. The molecule has 0 saturated carbocycles. The van der Waals surface area contributed by atoms with Crippen LogP contribution in [0.2, 0.25) is 0 Å². The Hall–Kier alpha value is -6.45. The lowest BCUT2D eigenvalue weighted by Crippen LogP contribution is -2.32. The number of carbonyl (C=O) groups excluding carboxylic acids is 1. The lowest BCUT2D eigenvalue weighted by atomic mass is 9.74. The summed E-state index contributed by atoms with van der Waals surface area (Å²) in [6, 6.07) is 11.7. The molecule has 0 spiro atoms. The van der Waals surface area contributed by atoms with Crippen molar-refractivity contribution in [3.8, 4) is 11.8 Å². The van der Waals surface area contributed by atoms with Crippen LogP contribution in [-0.2, 0) is 118 Å². The molecule has 0 saturated heterocycles. The molecular weight excluding hydrogens is 1460 g/mol. The minimum Gasteiger partial charge on any atom is -0.492 e. The molecule has 0 bridgehead atoms. The van der Waals surface area contributed by atoms with Crippen LogP contribution in [0.3, 0.4) is 0 Å². The second-order valence-electron chi connectivity index (χ2n) is 23.7. The highest BCUT2D eigenvalue weighted by atomic mass is 32.2. The molecule has 2 aliphatic heterocycles. The maximum Gasteiger partial charge on any atom is 0.335 e. The highest BCUT2D eigenvalue weighted by Crippen LogP contribution is 2.54. The van der Waals surface area contributed by atoms with E-state index in [4.69, 9.17) is 56.9 Å². The highest BCUT2D eigenvalue weighted by molar-refractivity contribution is 7.87. The summed E-state index contributed by atoms with van der Waals surface area (Å²) in [6.07, 6.45) is 8.16. The first kappa shape index (κ1) is 83.8. The summed E-state index contributed by atoms with van der Waals surface area (Å²) in [5, 5.41) is 19.0. The van der Waals surface area contributed by atoms with Crippen LogP contribution in [0.25, 0.3) is 21.5 Å². The second-order valence-corrected chi connectivity index (χ2v) is 30.9. The zero-order valence-electron chi connectivity index (χ0n) is 57.2. The molecule has 38 heteroatoms. The number of aromatic nitrogens is 1. The van der Waals surface area contributed by atoms with Gasteiger partial charge in [-0.3, -0.25) is 22.8 Å². The molecule has 33 nitrogen and oxygen atoms in total. The van der Waals surface area contributed by atoms with Gasteiger partial charge in [-0.05, 0) is 91.9 Å². The molecule has 7 rings (SSSR count). The number of fused-ring (bicyclic) bond motifs is 6. The van der Waals surface area contributed by atoms with E-state index in [0.717, 1.165) is 24.3 Å². The van der Waals surface area contributed by atoms with Gasteiger partial charge in [0.1, 0.15) is 16.4 Å². The number of ether oxygens (including phenoxy) is 11. The van der Waals surface area contributed by atoms with E-state index in [1.165, 1.54) is 19.2 Å². The summed E-state index contributed by atoms with van der Waals surface area (Å²) in [6.45, 7) is 7.87. The van der Waals surface area contributed by atoms with Crippen molar-refractivity contribution in [2.24, 2.45) is 0 Å². The third-order valence-electron chi connectivity index (χ3n) is 16.7. The van der Waals surface area contributed by atoms with Crippen molar-refractivity contribution in [2.45, 2.75) is 69.9 Å². The first-order valence-corrected chi connectivity index (χ1v) is 39.7. The SMILES string of the molecule is COCCOCCOCCOCCC1(C)C(=CC=CC=CC2=[N+](CCOC)c3ccc4c(S(=O)(=O)O)cc(S(=O)(=O)O)cc4c3C2(C)CCCS(=O)(=O)O)N(CCOCCOCCOCCOCCOCCOCCC(=O)On2c(O)ccc2O)c2ccc3c(S(=O)(=O)O)cc(S(=O)(=O)O)cc3c21. The van der Waals surface area contributed by atoms with E-state index < -0.39 is 104 Å². The quantitative estimate of drug-likeness (QED) is 0.0118. The van der Waals surface area contributed by atoms with Crippen molar-refractivity contribution in [1.82, 2.24) is 4.73 Å². The summed E-state index contributed by atoms with van der Waals surface area (Å²) in [5.74, 6) is -2.31. The average Bonchev–Trinajstić information content (AvgIpc) is 1.58. The molecule has 7 N–H and O–H groups in total. The van der Waals surface area contributed by atoms with Crippen molar-refractivity contribution < 1.29 is 141 Å². The summed E-state index contributed by atoms with van der Waals surface area (Å²) in [4.78, 5) is 15.3. The number of benzene rings is 4. The van der Waals surface area contributed by atoms with E-state index in [2.05, 4.69) is 0 Å². The third kappa shape index (κ3) is 23.3. The molecule has 0 aliphatic carbocycles. The lowest BCUT2D eigenvalue weighted by molar-refractivity contribution is -0.441. The Balaban J connectivity index is 1.11. The number of allylic oxidation sites excluding steroid dienone is 6. The predicted molar refractivity (Wildman–Crippen MR) is 371 cm³/mol. The molecule has 572 valence electrons. The van der Waals surface area contributed by atoms with E-state index in [9.17, 15) is 79.9 Å². The van der Waals surface area contributed by atoms with Gasteiger partial charge in [0.15, 0.2) is 12.3 Å². The fourth-order valence-electron chi connectivity index (χ4n) is 12.0. The zero-order chi connectivity index (χ0) is 75.2. The fraction of sp³-hybridized carbons (Fsp3) is 0.508. The van der Waals surface area contributed by atoms with Crippen molar-refractivity contribution in [2.75, 3.05) is 170 Å². The number of nitrogens with zero attached hydrogens (tertiary/aromatic N) is 3. The molecule has 0 amide bonds. The number of methoxy groups -OCH3 is 2. The smallest absolute Gasteiger partial charge is 0.335 e. The molecule has 1 aromatic heterocycles. The maximum absolute atomic E-state index is 13.1. The van der Waals surface area contributed by atoms with Crippen LogP contribution in [0.5, 0.6) is 11.8 Å². The van der Waals surface area contributed by atoms with Crippen molar-refractivity contribution in [1.29, 1.82) is 0 Å². The second kappa shape index (κ2) is 38.2. The maximum atomic E-state index is 13.1. The summed E-state index contributed by atoms with van der Waals surface area (Å²) in [5.41, 5.74) is -0.0446. The molecular formula is C65H88N3O30S5+. The van der Waals surface area contributed by atoms with Crippen molar-refractivity contribution >= 4 is 95.2 Å². The molecule has 3 heterocycles. The largest absolute Gasteiger partial charge is 0.492 e. The summed E-state index contributed by atoms with van der Waals surface area (Å²) in [7, 11) is -22.1. The average molecular weight is 1550 g/mol. The Bertz CT molecular complexity index is 4450. The Labute approximate surface area is 597 Å². The van der Waals surface area contributed by atoms with Crippen LogP contribution < -0.4 is 9.74 Å². The monoisotopic (exact) mass is 1550 g/mol. The van der Waals surface area contributed by atoms with Gasteiger partial charge in [0.05, 0.1) is 146 Å². The first-order chi connectivity index (χ1) is 48.8. The standard InChI is InChI=1S/C65H87N3O30S5/c1-64(18-8-42-99(72,73)74)57(66(20-24-87-3)53-13-11-49-51(62(53)64)43-47(100(75,76)77)45-55(49)102(81,82)83)9-6-5-7-10-58-65(2,19-23-90-29-32-94-35-34-92-27-26-88-4)63-52-44-48(101(78,79)80)46-56(103(84,85)86)50(52)12-14-54(63)67(58)21-25-91-30-33-95-37-39-97-41-40-96-38-36-93-31-28-89-22-17-61(71)98-68-59(69)15-16-60(68)70/h5-7,9-16,43-46H,8,17-42H2,1-4H3,(H6-,69,70,72,73,74,75,76,77,78,79,80,81,82,83,84,85,86)/p+1. The van der Waals surface area contributed by atoms with Gasteiger partial charge in [0, 0.05) is 84.8 Å². The topological polar surface area (TPSA) is 451 Å². The Morgan fingerprint density at radius 1 is 0.485 bits per heavy atom. The Morgan fingerprint density at radius 2 is 0.942 bits per heavy atom. The van der Waals surface area contributed by atoms with Crippen LogP contribution in [0, 0.1) is 0 Å². The number of hydrogen-bond acceptors (Lipinski definition) is 26. The van der Waals surface area contributed by atoms with Gasteiger partial charge in [-0.2, -0.15) is 46.7 Å². The van der Waals surface area contributed by atoms with Crippen LogP contribution in [-0.4, -0.2) is 261 Å². The van der Waals surface area contributed by atoms with Crippen molar-refractivity contribution in [3.63, 3.8) is 0 Å². The highest BCUT2D eigenvalue weighted by Gasteiger charge is 2.50. The molecule has 0 fully saturated rings. The van der Waals surface area contributed by atoms with Gasteiger partial charge in [-0.1, -0.05) is 24.3 Å². The summed E-state index contributed by atoms with van der Waals surface area (Å²) < 4.78 is 243. The van der Waals surface area contributed by atoms with Gasteiger partial charge in [0.2, 0.25) is 17.4 Å². The number of rotatable bonds is 48. The zero-order valence-corrected chi connectivity index (χ0v) is 61.2. The van der Waals surface area contributed by atoms with Crippen molar-refractivity contribution in [3.05, 3.63) is 108 Å². The minimum absolute atomic E-state index is 0.0256. The van der Waals surface area contributed by atoms with Crippen LogP contribution in [0.15, 0.2) is 116 Å². The molecule has 2 unspecified atom stereocenters. The van der Waals surface area contributed by atoms with Crippen LogP contribution >= 0.6 is 0 Å². The molecule has 2 aliphatic rings. The van der Waals surface area contributed by atoms with Gasteiger partial charge in [-0.15, -0.1) is 4.73 Å².